The molecule has 0 saturated carbocycles. The number of hydrazine groups is 1. The van der Waals surface area contributed by atoms with Crippen LogP contribution in [0.2, 0.25) is 0 Å². The molecule has 0 rings (SSSR count). The van der Waals surface area contributed by atoms with E-state index in [1.54, 1.807) is 0 Å². The first kappa shape index (κ1) is 11.4. The maximum atomic E-state index is 11.2. The average molecular weight is 183 g/mol. The minimum absolute atomic E-state index is 0.00838. The molecule has 0 aliphatic carbocycles. The van der Waals surface area contributed by atoms with Crippen molar-refractivity contribution >= 4 is 12.3 Å². The second kappa shape index (κ2) is 6.00. The lowest BCUT2D eigenvalue weighted by atomic mass is 9.99. The highest BCUT2D eigenvalue weighted by Crippen LogP contribution is 2.10. The molecule has 2 amide bonds. The summed E-state index contributed by atoms with van der Waals surface area (Å²) < 4.78 is 0. The van der Waals surface area contributed by atoms with Crippen LogP contribution in [0.3, 0.4) is 0 Å². The maximum absolute atomic E-state index is 11.2. The van der Waals surface area contributed by atoms with Crippen molar-refractivity contribution in [2.75, 3.05) is 0 Å². The molecule has 0 heterocycles. The Labute approximate surface area is 77.3 Å². The summed E-state index contributed by atoms with van der Waals surface area (Å²) in [6.07, 6.45) is 1.11. The lowest BCUT2D eigenvalue weighted by Gasteiger charge is -2.10. The molecule has 0 fully saturated rings. The zero-order valence-electron chi connectivity index (χ0n) is 7.70. The van der Waals surface area contributed by atoms with Crippen molar-refractivity contribution in [3.63, 3.8) is 0 Å². The number of rotatable bonds is 5. The van der Waals surface area contributed by atoms with E-state index in [9.17, 15) is 9.59 Å². The van der Waals surface area contributed by atoms with Crippen molar-refractivity contribution in [2.45, 2.75) is 26.3 Å². The van der Waals surface area contributed by atoms with Gasteiger partial charge >= 0.3 is 11.9 Å². The van der Waals surface area contributed by atoms with E-state index in [1.807, 2.05) is 19.3 Å². The second-order valence-electron chi connectivity index (χ2n) is 2.71. The standard InChI is InChI=1S/C8H13N3O2/c1-4-6(2)7(9-3)8(13)11-10-5-12/h5-7H,4H2,1-2H3,(H,10,12)(H,11,13)/t6?,7-/m0/s1. The van der Waals surface area contributed by atoms with Crippen molar-refractivity contribution in [3.8, 4) is 0 Å². The van der Waals surface area contributed by atoms with E-state index in [0.29, 0.717) is 6.41 Å². The number of carbonyl (C=O) groups excluding carboxylic acids is 2. The third-order valence-corrected chi connectivity index (χ3v) is 1.84. The van der Waals surface area contributed by atoms with Crippen LogP contribution in [0.4, 0.5) is 0 Å². The zero-order chi connectivity index (χ0) is 10.3. The quantitative estimate of drug-likeness (QED) is 0.360. The van der Waals surface area contributed by atoms with E-state index in [0.717, 1.165) is 6.42 Å². The van der Waals surface area contributed by atoms with Gasteiger partial charge in [-0.25, -0.2) is 6.57 Å². The SMILES string of the molecule is [C-]#[N+][C@H](C(=O)NNC=O)C(C)CC. The fourth-order valence-corrected chi connectivity index (χ4v) is 0.842. The molecule has 2 N–H and O–H groups in total. The molecule has 1 unspecified atom stereocenters. The fraction of sp³-hybridized carbons (Fsp3) is 0.625. The van der Waals surface area contributed by atoms with Crippen LogP contribution >= 0.6 is 0 Å². The minimum Gasteiger partial charge on any atom is -0.303 e. The predicted octanol–water partition coefficient (Wildman–Crippen LogP) is 0.0976. The molecule has 72 valence electrons. The average Bonchev–Trinajstić information content (AvgIpc) is 2.15. The highest BCUT2D eigenvalue weighted by Gasteiger charge is 2.28. The maximum Gasteiger partial charge on any atom is 0.321 e. The van der Waals surface area contributed by atoms with E-state index in [-0.39, 0.29) is 5.92 Å². The van der Waals surface area contributed by atoms with E-state index >= 15 is 0 Å². The summed E-state index contributed by atoms with van der Waals surface area (Å²) in [6, 6.07) is -0.725. The van der Waals surface area contributed by atoms with Crippen LogP contribution in [0.25, 0.3) is 4.85 Å². The Hall–Kier alpha value is -1.57. The molecule has 0 spiro atoms. The number of hydrogen-bond acceptors (Lipinski definition) is 2. The van der Waals surface area contributed by atoms with Crippen LogP contribution in [0.1, 0.15) is 20.3 Å². The van der Waals surface area contributed by atoms with Crippen molar-refractivity contribution in [3.05, 3.63) is 11.4 Å². The molecule has 0 aromatic carbocycles. The van der Waals surface area contributed by atoms with Gasteiger partial charge in [-0.15, -0.1) is 0 Å². The molecule has 0 aromatic rings. The zero-order valence-corrected chi connectivity index (χ0v) is 7.70. The lowest BCUT2D eigenvalue weighted by Crippen LogP contribution is -2.43. The molecule has 2 atom stereocenters. The Bertz CT molecular complexity index is 222. The van der Waals surface area contributed by atoms with Gasteiger partial charge in [-0.3, -0.25) is 20.4 Å². The molecular weight excluding hydrogens is 170 g/mol. The van der Waals surface area contributed by atoms with E-state index in [2.05, 4.69) is 10.3 Å². The summed E-state index contributed by atoms with van der Waals surface area (Å²) in [5, 5.41) is 0. The van der Waals surface area contributed by atoms with Gasteiger partial charge in [-0.2, -0.15) is 0 Å². The first-order valence-electron chi connectivity index (χ1n) is 4.03. The highest BCUT2D eigenvalue weighted by atomic mass is 16.2. The molecule has 13 heavy (non-hydrogen) atoms. The Morgan fingerprint density at radius 2 is 2.31 bits per heavy atom. The number of carbonyl (C=O) groups is 2. The summed E-state index contributed by atoms with van der Waals surface area (Å²) in [5.74, 6) is -0.470. The van der Waals surface area contributed by atoms with Crippen LogP contribution in [-0.4, -0.2) is 18.4 Å². The lowest BCUT2D eigenvalue weighted by molar-refractivity contribution is -0.125. The Morgan fingerprint density at radius 1 is 1.69 bits per heavy atom. The number of nitrogens with one attached hydrogen (secondary N) is 2. The van der Waals surface area contributed by atoms with Gasteiger partial charge in [0.25, 0.3) is 0 Å². The van der Waals surface area contributed by atoms with Crippen molar-refractivity contribution in [2.24, 2.45) is 5.92 Å². The topological polar surface area (TPSA) is 62.6 Å². The van der Waals surface area contributed by atoms with Gasteiger partial charge in [0.1, 0.15) is 0 Å². The smallest absolute Gasteiger partial charge is 0.303 e. The Kier molecular flexibility index (Phi) is 5.28. The van der Waals surface area contributed by atoms with Crippen molar-refractivity contribution < 1.29 is 9.59 Å². The first-order valence-corrected chi connectivity index (χ1v) is 4.03. The van der Waals surface area contributed by atoms with Gasteiger partial charge in [-0.1, -0.05) is 13.8 Å². The Morgan fingerprint density at radius 3 is 2.69 bits per heavy atom. The largest absolute Gasteiger partial charge is 0.321 e. The fourth-order valence-electron chi connectivity index (χ4n) is 0.842. The predicted molar refractivity (Wildman–Crippen MR) is 47.2 cm³/mol. The minimum atomic E-state index is -0.725. The normalized spacial score (nSPS) is 13.6. The molecule has 5 nitrogen and oxygen atoms in total. The molecular formula is C8H13N3O2. The monoisotopic (exact) mass is 183 g/mol. The van der Waals surface area contributed by atoms with Gasteiger partial charge in [0.15, 0.2) is 0 Å². The second-order valence-corrected chi connectivity index (χ2v) is 2.71. The molecule has 0 bridgehead atoms. The summed E-state index contributed by atoms with van der Waals surface area (Å²) in [4.78, 5) is 24.2. The van der Waals surface area contributed by atoms with Gasteiger partial charge < -0.3 is 4.85 Å². The number of nitrogens with zero attached hydrogens (tertiary/aromatic N) is 1. The summed E-state index contributed by atoms with van der Waals surface area (Å²) in [7, 11) is 0. The van der Waals surface area contributed by atoms with Gasteiger partial charge in [-0.05, 0) is 6.42 Å². The summed E-state index contributed by atoms with van der Waals surface area (Å²) >= 11 is 0. The van der Waals surface area contributed by atoms with Crippen molar-refractivity contribution in [1.29, 1.82) is 0 Å². The molecule has 0 radical (unpaired) electrons. The number of amides is 2. The Balaban J connectivity index is 4.16. The molecule has 5 heteroatoms. The third kappa shape index (κ3) is 3.56. The van der Waals surface area contributed by atoms with Crippen LogP contribution in [0, 0.1) is 12.5 Å². The van der Waals surface area contributed by atoms with Crippen molar-refractivity contribution in [1.82, 2.24) is 10.9 Å². The van der Waals surface area contributed by atoms with E-state index in [1.165, 1.54) is 0 Å². The molecule has 0 saturated heterocycles. The third-order valence-electron chi connectivity index (χ3n) is 1.84. The number of hydrogen-bond donors (Lipinski definition) is 2. The van der Waals surface area contributed by atoms with Crippen LogP contribution in [0.5, 0.6) is 0 Å². The van der Waals surface area contributed by atoms with E-state index < -0.39 is 11.9 Å². The molecule has 0 aromatic heterocycles. The summed E-state index contributed by atoms with van der Waals surface area (Å²) in [6.45, 7) is 10.5. The van der Waals surface area contributed by atoms with Crippen LogP contribution in [0.15, 0.2) is 0 Å². The van der Waals surface area contributed by atoms with Crippen LogP contribution < -0.4 is 10.9 Å². The molecule has 0 aliphatic heterocycles. The highest BCUT2D eigenvalue weighted by molar-refractivity contribution is 5.84. The van der Waals surface area contributed by atoms with Crippen LogP contribution in [-0.2, 0) is 9.59 Å². The van der Waals surface area contributed by atoms with Gasteiger partial charge in [0.05, 0.1) is 0 Å². The van der Waals surface area contributed by atoms with E-state index in [4.69, 9.17) is 6.57 Å². The van der Waals surface area contributed by atoms with Gasteiger partial charge in [0.2, 0.25) is 6.41 Å². The first-order chi connectivity index (χ1) is 6.17. The van der Waals surface area contributed by atoms with Gasteiger partial charge in [0, 0.05) is 5.92 Å². The summed E-state index contributed by atoms with van der Waals surface area (Å²) in [5.41, 5.74) is 4.15. The molecule has 0 aliphatic rings.